The molecule has 1 aliphatic carbocycles. The first-order valence-electron chi connectivity index (χ1n) is 9.94. The molecule has 0 unspecified atom stereocenters. The number of carbonyl (C=O) groups excluding carboxylic acids is 2. The molecule has 154 valence electrons. The van der Waals surface area contributed by atoms with Gasteiger partial charge in [-0.3, -0.25) is 9.59 Å². The molecule has 0 atom stereocenters. The molecule has 0 heterocycles. The fraction of sp³-hybridized carbons (Fsp3) is 0.250. The van der Waals surface area contributed by atoms with Crippen LogP contribution in [0.15, 0.2) is 54.6 Å². The van der Waals surface area contributed by atoms with Crippen LogP contribution in [0.4, 0.5) is 5.69 Å². The maximum absolute atomic E-state index is 13.1. The summed E-state index contributed by atoms with van der Waals surface area (Å²) in [4.78, 5) is 25.2. The fourth-order valence-electron chi connectivity index (χ4n) is 3.27. The number of rotatable bonds is 7. The summed E-state index contributed by atoms with van der Waals surface area (Å²) >= 11 is 0. The van der Waals surface area contributed by atoms with Crippen molar-refractivity contribution in [2.75, 3.05) is 19.0 Å². The molecule has 0 saturated heterocycles. The summed E-state index contributed by atoms with van der Waals surface area (Å²) < 4.78 is 11.1. The number of nitrogens with one attached hydrogen (secondary N) is 2. The summed E-state index contributed by atoms with van der Waals surface area (Å²) in [5, 5.41) is 7.64. The molecule has 0 radical (unpaired) electrons. The molecule has 1 saturated carbocycles. The number of amides is 2. The third-order valence-corrected chi connectivity index (χ3v) is 5.00. The number of methoxy groups -OCH3 is 1. The normalized spacial score (nSPS) is 13.0. The van der Waals surface area contributed by atoms with E-state index in [2.05, 4.69) is 10.6 Å². The minimum Gasteiger partial charge on any atom is -0.495 e. The van der Waals surface area contributed by atoms with Gasteiger partial charge in [-0.05, 0) is 60.4 Å². The van der Waals surface area contributed by atoms with Gasteiger partial charge in [0.25, 0.3) is 11.8 Å². The molecule has 0 bridgehead atoms. The molecule has 0 aromatic heterocycles. The Morgan fingerprint density at radius 3 is 2.43 bits per heavy atom. The maximum atomic E-state index is 13.1. The molecule has 0 spiro atoms. The summed E-state index contributed by atoms with van der Waals surface area (Å²) in [5.41, 5.74) is 1.93. The Kier molecular flexibility index (Phi) is 5.57. The van der Waals surface area contributed by atoms with Gasteiger partial charge in [0.2, 0.25) is 0 Å². The average Bonchev–Trinajstić information content (AvgIpc) is 3.55. The van der Waals surface area contributed by atoms with Gasteiger partial charge in [0, 0.05) is 6.04 Å². The van der Waals surface area contributed by atoms with Crippen LogP contribution < -0.4 is 20.1 Å². The zero-order valence-corrected chi connectivity index (χ0v) is 17.0. The Morgan fingerprint density at radius 1 is 1.00 bits per heavy atom. The number of aryl methyl sites for hydroxylation is 1. The van der Waals surface area contributed by atoms with Crippen LogP contribution in [0.1, 0.15) is 28.8 Å². The van der Waals surface area contributed by atoms with E-state index in [0.717, 1.165) is 29.2 Å². The van der Waals surface area contributed by atoms with Crippen LogP contribution in [0.2, 0.25) is 0 Å². The number of anilines is 1. The highest BCUT2D eigenvalue weighted by Gasteiger charge is 2.24. The molecule has 6 heteroatoms. The number of ether oxygens (including phenoxy) is 2. The van der Waals surface area contributed by atoms with Crippen LogP contribution in [-0.4, -0.2) is 31.6 Å². The molecule has 0 aliphatic heterocycles. The third kappa shape index (κ3) is 4.54. The molecule has 3 aromatic rings. The second-order valence-electron chi connectivity index (χ2n) is 7.48. The van der Waals surface area contributed by atoms with Crippen molar-refractivity contribution in [3.63, 3.8) is 0 Å². The largest absolute Gasteiger partial charge is 0.495 e. The van der Waals surface area contributed by atoms with Crippen molar-refractivity contribution in [2.24, 2.45) is 0 Å². The van der Waals surface area contributed by atoms with E-state index in [1.165, 1.54) is 0 Å². The van der Waals surface area contributed by atoms with Crippen molar-refractivity contribution in [3.05, 3.63) is 65.7 Å². The van der Waals surface area contributed by atoms with Gasteiger partial charge in [-0.1, -0.05) is 30.3 Å². The summed E-state index contributed by atoms with van der Waals surface area (Å²) in [5.74, 6) is 0.421. The lowest BCUT2D eigenvalue weighted by Crippen LogP contribution is -2.30. The van der Waals surface area contributed by atoms with E-state index in [-0.39, 0.29) is 24.5 Å². The monoisotopic (exact) mass is 404 g/mol. The van der Waals surface area contributed by atoms with Crippen molar-refractivity contribution < 1.29 is 19.1 Å². The second kappa shape index (κ2) is 8.45. The Balaban J connectivity index is 1.62. The van der Waals surface area contributed by atoms with Gasteiger partial charge < -0.3 is 20.1 Å². The molecule has 1 aliphatic rings. The summed E-state index contributed by atoms with van der Waals surface area (Å²) in [7, 11) is 1.56. The smallest absolute Gasteiger partial charge is 0.259 e. The molecule has 4 rings (SSSR count). The highest BCUT2D eigenvalue weighted by Crippen LogP contribution is 2.30. The van der Waals surface area contributed by atoms with E-state index in [0.29, 0.717) is 22.7 Å². The van der Waals surface area contributed by atoms with Gasteiger partial charge in [0.05, 0.1) is 18.4 Å². The van der Waals surface area contributed by atoms with Crippen molar-refractivity contribution in [3.8, 4) is 11.5 Å². The number of fused-ring (bicyclic) bond motifs is 1. The highest BCUT2D eigenvalue weighted by atomic mass is 16.5. The molecule has 3 aromatic carbocycles. The molecular formula is C24H24N2O4. The second-order valence-corrected chi connectivity index (χ2v) is 7.48. The Labute approximate surface area is 175 Å². The lowest BCUT2D eigenvalue weighted by molar-refractivity contribution is -0.123. The van der Waals surface area contributed by atoms with E-state index in [4.69, 9.17) is 9.47 Å². The number of hydrogen-bond donors (Lipinski definition) is 2. The van der Waals surface area contributed by atoms with Crippen molar-refractivity contribution in [1.82, 2.24) is 5.32 Å². The van der Waals surface area contributed by atoms with Crippen LogP contribution in [0.3, 0.4) is 0 Å². The zero-order valence-electron chi connectivity index (χ0n) is 17.0. The number of hydrogen-bond acceptors (Lipinski definition) is 4. The Morgan fingerprint density at radius 2 is 1.73 bits per heavy atom. The molecule has 6 nitrogen and oxygen atoms in total. The maximum Gasteiger partial charge on any atom is 0.259 e. The van der Waals surface area contributed by atoms with Crippen LogP contribution in [0.5, 0.6) is 11.5 Å². The van der Waals surface area contributed by atoms with Gasteiger partial charge in [0.15, 0.2) is 6.61 Å². The van der Waals surface area contributed by atoms with Crippen molar-refractivity contribution >= 4 is 28.3 Å². The predicted molar refractivity (Wildman–Crippen MR) is 116 cm³/mol. The number of carbonyl (C=O) groups is 2. The standard InChI is InChI=1S/C24H24N2O4/c1-15-7-10-21(29-2)20(11-15)26-24(28)19-12-16-5-3-4-6-17(16)13-22(19)30-14-23(27)25-18-8-9-18/h3-7,10-13,18H,8-9,14H2,1-2H3,(H,25,27)(H,26,28). The van der Waals surface area contributed by atoms with Crippen molar-refractivity contribution in [2.45, 2.75) is 25.8 Å². The minimum atomic E-state index is -0.331. The van der Waals surface area contributed by atoms with E-state index in [1.807, 2.05) is 49.4 Å². The van der Waals surface area contributed by atoms with E-state index >= 15 is 0 Å². The molecule has 1 fully saturated rings. The van der Waals surface area contributed by atoms with E-state index < -0.39 is 0 Å². The quantitative estimate of drug-likeness (QED) is 0.622. The summed E-state index contributed by atoms with van der Waals surface area (Å²) in [6.45, 7) is 1.81. The molecular weight excluding hydrogens is 380 g/mol. The van der Waals surface area contributed by atoms with Crippen LogP contribution >= 0.6 is 0 Å². The van der Waals surface area contributed by atoms with Crippen LogP contribution in [0, 0.1) is 6.92 Å². The van der Waals surface area contributed by atoms with Gasteiger partial charge in [-0.2, -0.15) is 0 Å². The Bertz CT molecular complexity index is 1110. The topological polar surface area (TPSA) is 76.7 Å². The lowest BCUT2D eigenvalue weighted by atomic mass is 10.0. The van der Waals surface area contributed by atoms with Gasteiger partial charge in [0.1, 0.15) is 11.5 Å². The fourth-order valence-corrected chi connectivity index (χ4v) is 3.27. The van der Waals surface area contributed by atoms with Gasteiger partial charge in [-0.15, -0.1) is 0 Å². The number of benzene rings is 3. The predicted octanol–water partition coefficient (Wildman–Crippen LogP) is 4.07. The van der Waals surface area contributed by atoms with E-state index in [9.17, 15) is 9.59 Å². The third-order valence-electron chi connectivity index (χ3n) is 5.00. The zero-order chi connectivity index (χ0) is 21.1. The molecule has 30 heavy (non-hydrogen) atoms. The first-order valence-corrected chi connectivity index (χ1v) is 9.94. The molecule has 2 N–H and O–H groups in total. The molecule has 2 amide bonds. The lowest BCUT2D eigenvalue weighted by Gasteiger charge is -2.15. The first-order chi connectivity index (χ1) is 14.5. The SMILES string of the molecule is COc1ccc(C)cc1NC(=O)c1cc2ccccc2cc1OCC(=O)NC1CC1. The first kappa shape index (κ1) is 19.8. The minimum absolute atomic E-state index is 0.136. The van der Waals surface area contributed by atoms with Crippen LogP contribution in [-0.2, 0) is 4.79 Å². The van der Waals surface area contributed by atoms with E-state index in [1.54, 1.807) is 19.2 Å². The van der Waals surface area contributed by atoms with Crippen LogP contribution in [0.25, 0.3) is 10.8 Å². The van der Waals surface area contributed by atoms with Gasteiger partial charge >= 0.3 is 0 Å². The highest BCUT2D eigenvalue weighted by molar-refractivity contribution is 6.09. The summed E-state index contributed by atoms with van der Waals surface area (Å²) in [6, 6.07) is 17.1. The van der Waals surface area contributed by atoms with Crippen molar-refractivity contribution in [1.29, 1.82) is 0 Å². The average molecular weight is 404 g/mol. The van der Waals surface area contributed by atoms with Gasteiger partial charge in [-0.25, -0.2) is 0 Å². The Hall–Kier alpha value is -3.54. The summed E-state index contributed by atoms with van der Waals surface area (Å²) in [6.07, 6.45) is 2.02.